The molecule has 1 saturated heterocycles. The highest BCUT2D eigenvalue weighted by Crippen LogP contribution is 2.20. The van der Waals surface area contributed by atoms with Crippen LogP contribution < -0.4 is 83.1 Å². The molecule has 0 radical (unpaired) electrons. The van der Waals surface area contributed by atoms with Gasteiger partial charge in [-0.05, 0) is 97.2 Å². The summed E-state index contributed by atoms with van der Waals surface area (Å²) in [7, 11) is 0. The number of likely N-dealkylation sites (tertiary alicyclic amines) is 1. The summed E-state index contributed by atoms with van der Waals surface area (Å²) in [4.78, 5) is 136. The Balaban J connectivity index is 3.15. The highest BCUT2D eigenvalue weighted by atomic mass is 16.4. The number of rotatable bonds is 35. The van der Waals surface area contributed by atoms with E-state index in [9.17, 15) is 58.2 Å². The van der Waals surface area contributed by atoms with Crippen LogP contribution in [0.2, 0.25) is 0 Å². The lowest BCUT2D eigenvalue weighted by molar-refractivity contribution is -0.142. The number of nitrogens with zero attached hydrogens (tertiary/aromatic N) is 2. The van der Waals surface area contributed by atoms with Gasteiger partial charge in [-0.3, -0.25) is 48.1 Å². The molecule has 0 spiro atoms. The lowest BCUT2D eigenvalue weighted by Crippen LogP contribution is -2.60. The Hall–Kier alpha value is -6.53. The first-order valence-electron chi connectivity index (χ1n) is 23.5. The number of carbonyl (C=O) groups is 10. The summed E-state index contributed by atoms with van der Waals surface area (Å²) in [6.45, 7) is 1.02. The topological polar surface area (TPSA) is 519 Å². The predicted molar refractivity (Wildman–Crippen MR) is 258 cm³/mol. The van der Waals surface area contributed by atoms with E-state index in [-0.39, 0.29) is 83.5 Å². The van der Waals surface area contributed by atoms with E-state index in [1.165, 1.54) is 17.9 Å². The molecule has 0 unspecified atom stereocenters. The molecule has 8 atom stereocenters. The third kappa shape index (κ3) is 23.8. The lowest BCUT2D eigenvalue weighted by atomic mass is 10.0. The zero-order valence-electron chi connectivity index (χ0n) is 40.3. The van der Waals surface area contributed by atoms with Gasteiger partial charge >= 0.3 is 5.97 Å². The first-order valence-corrected chi connectivity index (χ1v) is 23.5. The van der Waals surface area contributed by atoms with Crippen molar-refractivity contribution in [2.75, 3.05) is 45.8 Å². The van der Waals surface area contributed by atoms with E-state index in [0.29, 0.717) is 38.6 Å². The van der Waals surface area contributed by atoms with Crippen molar-refractivity contribution in [3.8, 4) is 0 Å². The Kier molecular flexibility index (Phi) is 29.8. The standard InChI is InChI=1S/C42H77N17O12/c1-23(53-39(68)33(30(60)21-46)58-35(64)24(47)9-2-4-16-43)34(63)52-22-32(62)54-27(11-6-18-45)40(69)59-20-8-13-29(59)38(67)56-26(14-15-31(48)61)37(66)55-25(10-3-5-17-44)36(65)57-28(41(70)71)12-7-19-51-42(49)50/h12,23-27,29-30,33,60H,2-11,13-22,43-47H2,1H3,(H2,48,61)(H,52,63)(H,53,68)(H,54,62)(H,55,66)(H,56,67)(H,57,65)(H,58,64)(H,70,71)(H4,49,50,51)/b28-12-/t23-,24-,25-,26-,27+,29-,30-,33-/m0/s1. The molecule has 0 aromatic rings. The van der Waals surface area contributed by atoms with Gasteiger partial charge < -0.3 is 98.2 Å². The Bertz CT molecular complexity index is 1870. The number of unbranched alkanes of at least 4 members (excludes halogenated alkanes) is 2. The minimum atomic E-state index is -1.57. The summed E-state index contributed by atoms with van der Waals surface area (Å²) in [5.41, 5.74) is 43.7. The smallest absolute Gasteiger partial charge is 0.352 e. The molecule has 0 bridgehead atoms. The lowest BCUT2D eigenvalue weighted by Gasteiger charge is -2.30. The molecule has 1 heterocycles. The molecule has 1 fully saturated rings. The van der Waals surface area contributed by atoms with E-state index >= 15 is 0 Å². The van der Waals surface area contributed by atoms with Crippen LogP contribution in [0.4, 0.5) is 0 Å². The molecule has 29 nitrogen and oxygen atoms in total. The Morgan fingerprint density at radius 2 is 1.34 bits per heavy atom. The number of carboxylic acid groups (broad SMARTS) is 1. The maximum atomic E-state index is 14.1. The molecule has 0 aromatic carbocycles. The number of nitrogens with two attached hydrogens (primary N) is 8. The monoisotopic (exact) mass is 1010 g/mol. The first-order chi connectivity index (χ1) is 33.6. The molecule has 29 heteroatoms. The van der Waals surface area contributed by atoms with Crippen LogP contribution in [0.5, 0.6) is 0 Å². The van der Waals surface area contributed by atoms with Gasteiger partial charge in [0.15, 0.2) is 5.96 Å². The van der Waals surface area contributed by atoms with Crippen LogP contribution in [-0.4, -0.2) is 174 Å². The minimum Gasteiger partial charge on any atom is -0.477 e. The van der Waals surface area contributed by atoms with Crippen molar-refractivity contribution in [3.05, 3.63) is 11.8 Å². The van der Waals surface area contributed by atoms with Gasteiger partial charge in [-0.2, -0.15) is 0 Å². The summed E-state index contributed by atoms with van der Waals surface area (Å²) in [6.07, 6.45) is 1.88. The number of aliphatic carboxylic acids is 1. The third-order valence-corrected chi connectivity index (χ3v) is 11.0. The molecule has 25 N–H and O–H groups in total. The molecule has 1 rings (SSSR count). The molecule has 0 aromatic heterocycles. The number of nitrogens with one attached hydrogen (secondary N) is 7. The van der Waals surface area contributed by atoms with Crippen molar-refractivity contribution >= 4 is 65.1 Å². The number of carbonyl (C=O) groups excluding carboxylic acids is 9. The van der Waals surface area contributed by atoms with Gasteiger partial charge in [-0.1, -0.05) is 12.5 Å². The summed E-state index contributed by atoms with van der Waals surface area (Å²) in [5.74, 6) is -9.22. The molecule has 1 aliphatic heterocycles. The second-order valence-corrected chi connectivity index (χ2v) is 16.8. The number of amides is 9. The maximum absolute atomic E-state index is 14.1. The van der Waals surface area contributed by atoms with Crippen LogP contribution in [0, 0.1) is 0 Å². The van der Waals surface area contributed by atoms with E-state index in [1.54, 1.807) is 0 Å². The maximum Gasteiger partial charge on any atom is 0.352 e. The van der Waals surface area contributed by atoms with Gasteiger partial charge in [0.25, 0.3) is 0 Å². The molecular weight excluding hydrogens is 935 g/mol. The van der Waals surface area contributed by atoms with Crippen LogP contribution in [-0.2, 0) is 47.9 Å². The quantitative estimate of drug-likeness (QED) is 0.0121. The second-order valence-electron chi connectivity index (χ2n) is 16.8. The summed E-state index contributed by atoms with van der Waals surface area (Å²) >= 11 is 0. The van der Waals surface area contributed by atoms with Crippen molar-refractivity contribution in [1.29, 1.82) is 0 Å². The minimum absolute atomic E-state index is 0.000518. The summed E-state index contributed by atoms with van der Waals surface area (Å²) < 4.78 is 0. The number of aliphatic hydroxyl groups is 1. The van der Waals surface area contributed by atoms with E-state index in [1.807, 2.05) is 0 Å². The molecule has 402 valence electrons. The SMILES string of the molecule is C[C@H](NC(=O)[C@@H](NC(=O)[C@@H](N)CCCCN)[C@@H](O)CN)C(=O)NCC(=O)N[C@H](CCCN)C(=O)N1CCC[C@H]1C(=O)N[C@@H](CCC(N)=O)C(=O)N[C@@H](CCCCN)C(=O)N/C(=C\CCN=C(N)N)C(=O)O. The van der Waals surface area contributed by atoms with Gasteiger partial charge in [-0.15, -0.1) is 0 Å². The zero-order valence-corrected chi connectivity index (χ0v) is 40.3. The third-order valence-electron chi connectivity index (χ3n) is 11.0. The largest absolute Gasteiger partial charge is 0.477 e. The number of hydrogen-bond donors (Lipinski definition) is 17. The van der Waals surface area contributed by atoms with E-state index in [4.69, 9.17) is 45.9 Å². The number of hydrogen-bond acceptors (Lipinski definition) is 17. The Morgan fingerprint density at radius 1 is 0.718 bits per heavy atom. The van der Waals surface area contributed by atoms with Gasteiger partial charge in [0, 0.05) is 26.1 Å². The highest BCUT2D eigenvalue weighted by Gasteiger charge is 2.39. The van der Waals surface area contributed by atoms with E-state index in [0.717, 1.165) is 0 Å². The second kappa shape index (κ2) is 33.9. The van der Waals surface area contributed by atoms with Gasteiger partial charge in [0.2, 0.25) is 53.2 Å². The van der Waals surface area contributed by atoms with Crippen LogP contribution in [0.15, 0.2) is 16.8 Å². The van der Waals surface area contributed by atoms with Gasteiger partial charge in [0.05, 0.1) is 18.7 Å². The van der Waals surface area contributed by atoms with Crippen molar-refractivity contribution in [2.24, 2.45) is 50.9 Å². The highest BCUT2D eigenvalue weighted by molar-refractivity contribution is 5.99. The van der Waals surface area contributed by atoms with E-state index < -0.39 is 126 Å². The van der Waals surface area contributed by atoms with Gasteiger partial charge in [-0.25, -0.2) is 4.79 Å². The molecular formula is C42H77N17O12. The Labute approximate surface area is 411 Å². The fraction of sp³-hybridized carbons (Fsp3) is 0.690. The van der Waals surface area contributed by atoms with Crippen molar-refractivity contribution in [1.82, 2.24) is 42.1 Å². The fourth-order valence-corrected chi connectivity index (χ4v) is 7.06. The van der Waals surface area contributed by atoms with Crippen LogP contribution in [0.3, 0.4) is 0 Å². The molecule has 0 saturated carbocycles. The Morgan fingerprint density at radius 3 is 1.93 bits per heavy atom. The molecule has 71 heavy (non-hydrogen) atoms. The average Bonchev–Trinajstić information content (AvgIpc) is 3.82. The molecule has 0 aliphatic carbocycles. The van der Waals surface area contributed by atoms with Gasteiger partial charge in [0.1, 0.15) is 41.9 Å². The van der Waals surface area contributed by atoms with Crippen LogP contribution in [0.25, 0.3) is 0 Å². The normalized spacial score (nSPS) is 16.4. The first kappa shape index (κ1) is 62.5. The van der Waals surface area contributed by atoms with Crippen molar-refractivity contribution < 1.29 is 58.2 Å². The van der Waals surface area contributed by atoms with Crippen molar-refractivity contribution in [2.45, 2.75) is 139 Å². The summed E-state index contributed by atoms with van der Waals surface area (Å²) in [5, 5.41) is 37.0. The summed E-state index contributed by atoms with van der Waals surface area (Å²) in [6, 6.07) is -9.11. The fourth-order valence-electron chi connectivity index (χ4n) is 7.06. The van der Waals surface area contributed by atoms with Crippen LogP contribution in [0.1, 0.15) is 90.4 Å². The number of aliphatic imine (C=N–C) groups is 1. The number of primary amides is 1. The van der Waals surface area contributed by atoms with E-state index in [2.05, 4.69) is 42.2 Å². The average molecular weight is 1010 g/mol. The molecule has 9 amide bonds. The number of guanidine groups is 1. The van der Waals surface area contributed by atoms with Crippen molar-refractivity contribution in [3.63, 3.8) is 0 Å². The van der Waals surface area contributed by atoms with Crippen LogP contribution >= 0.6 is 0 Å². The zero-order chi connectivity index (χ0) is 53.6. The number of carboxylic acids is 1. The number of aliphatic hydroxyl groups excluding tert-OH is 1. The molecule has 1 aliphatic rings. The predicted octanol–water partition coefficient (Wildman–Crippen LogP) is -7.80.